The molecule has 0 atom stereocenters. The number of carbonyl (C=O) groups is 2. The van der Waals surface area contributed by atoms with E-state index in [4.69, 9.17) is 11.6 Å². The Morgan fingerprint density at radius 1 is 0.903 bits per heavy atom. The fourth-order valence-corrected chi connectivity index (χ4v) is 3.89. The molecule has 0 aliphatic rings. The van der Waals surface area contributed by atoms with Gasteiger partial charge in [0.25, 0.3) is 15.9 Å². The Hall–Kier alpha value is -3.43. The van der Waals surface area contributed by atoms with Crippen LogP contribution in [0.2, 0.25) is 5.02 Å². The number of para-hydroxylation sites is 1. The fourth-order valence-electron chi connectivity index (χ4n) is 2.57. The van der Waals surface area contributed by atoms with E-state index in [-0.39, 0.29) is 27.7 Å². The maximum Gasteiger partial charge on any atom is 0.261 e. The van der Waals surface area contributed by atoms with Crippen molar-refractivity contribution < 1.29 is 22.4 Å². The normalized spacial score (nSPS) is 10.9. The number of carbonyl (C=O) groups excluding carboxylic acids is 2. The van der Waals surface area contributed by atoms with E-state index in [1.165, 1.54) is 48.5 Å². The molecular formula is C21H17ClFN3O4S. The fraction of sp³-hybridized carbons (Fsp3) is 0.0476. The third-order valence-corrected chi connectivity index (χ3v) is 5.81. The Balaban J connectivity index is 1.58. The van der Waals surface area contributed by atoms with Crippen LogP contribution < -0.4 is 15.4 Å². The summed E-state index contributed by atoms with van der Waals surface area (Å²) in [5.41, 5.74) is 0.393. The zero-order valence-corrected chi connectivity index (χ0v) is 17.5. The molecule has 0 unspecified atom stereocenters. The standard InChI is InChI=1S/C21H17ClFN3O4S/c22-17-6-2-4-8-19(17)26-31(29,30)15-11-9-14(10-12-15)25-20(27)13-24-21(28)16-5-1-3-7-18(16)23/h1-12,26H,13H2,(H,24,28)(H,25,27). The van der Waals surface area contributed by atoms with Gasteiger partial charge in [0.15, 0.2) is 0 Å². The van der Waals surface area contributed by atoms with Crippen molar-refractivity contribution in [3.8, 4) is 0 Å². The first-order valence-electron chi connectivity index (χ1n) is 8.96. The molecule has 2 amide bonds. The van der Waals surface area contributed by atoms with Gasteiger partial charge in [0.05, 0.1) is 27.7 Å². The lowest BCUT2D eigenvalue weighted by atomic mass is 10.2. The molecule has 3 rings (SSSR count). The number of benzene rings is 3. The minimum atomic E-state index is -3.88. The van der Waals surface area contributed by atoms with Crippen LogP contribution in [0.3, 0.4) is 0 Å². The minimum Gasteiger partial charge on any atom is -0.343 e. The van der Waals surface area contributed by atoms with Crippen molar-refractivity contribution >= 4 is 44.8 Å². The number of amides is 2. The predicted molar refractivity (Wildman–Crippen MR) is 116 cm³/mol. The van der Waals surface area contributed by atoms with E-state index >= 15 is 0 Å². The molecule has 3 N–H and O–H groups in total. The maximum absolute atomic E-state index is 13.6. The Bertz CT molecular complexity index is 1220. The van der Waals surface area contributed by atoms with Crippen LogP contribution in [0.5, 0.6) is 0 Å². The van der Waals surface area contributed by atoms with Gasteiger partial charge < -0.3 is 10.6 Å². The number of anilines is 2. The summed E-state index contributed by atoms with van der Waals surface area (Å²) in [6.07, 6.45) is 0. The van der Waals surface area contributed by atoms with Gasteiger partial charge in [-0.2, -0.15) is 0 Å². The summed E-state index contributed by atoms with van der Waals surface area (Å²) in [4.78, 5) is 23.9. The van der Waals surface area contributed by atoms with Gasteiger partial charge in [-0.15, -0.1) is 0 Å². The molecule has 0 saturated carbocycles. The summed E-state index contributed by atoms with van der Waals surface area (Å²) < 4.78 is 41.0. The molecule has 0 fully saturated rings. The summed E-state index contributed by atoms with van der Waals surface area (Å²) in [5, 5.41) is 5.09. The largest absolute Gasteiger partial charge is 0.343 e. The smallest absolute Gasteiger partial charge is 0.261 e. The average molecular weight is 462 g/mol. The molecule has 3 aromatic carbocycles. The molecule has 0 heterocycles. The van der Waals surface area contributed by atoms with E-state index in [0.717, 1.165) is 6.07 Å². The van der Waals surface area contributed by atoms with E-state index in [1.807, 2.05) is 0 Å². The first-order valence-corrected chi connectivity index (χ1v) is 10.8. The predicted octanol–water partition coefficient (Wildman–Crippen LogP) is 3.65. The van der Waals surface area contributed by atoms with Crippen LogP contribution in [0.15, 0.2) is 77.7 Å². The van der Waals surface area contributed by atoms with Crippen LogP contribution in [0.25, 0.3) is 0 Å². The molecule has 160 valence electrons. The molecule has 10 heteroatoms. The molecule has 3 aromatic rings. The first-order chi connectivity index (χ1) is 14.8. The van der Waals surface area contributed by atoms with E-state index in [1.54, 1.807) is 18.2 Å². The minimum absolute atomic E-state index is 0.0294. The first kappa shape index (κ1) is 22.3. The van der Waals surface area contributed by atoms with Crippen molar-refractivity contribution in [2.24, 2.45) is 0 Å². The van der Waals surface area contributed by atoms with Crippen molar-refractivity contribution in [1.29, 1.82) is 0 Å². The van der Waals surface area contributed by atoms with Crippen LogP contribution in [0.4, 0.5) is 15.8 Å². The highest BCUT2D eigenvalue weighted by molar-refractivity contribution is 7.92. The molecule has 0 bridgehead atoms. The third kappa shape index (κ3) is 5.80. The van der Waals surface area contributed by atoms with Crippen LogP contribution in [0.1, 0.15) is 10.4 Å². The quantitative estimate of drug-likeness (QED) is 0.499. The van der Waals surface area contributed by atoms with E-state index in [2.05, 4.69) is 15.4 Å². The van der Waals surface area contributed by atoms with Gasteiger partial charge in [0, 0.05) is 5.69 Å². The zero-order chi connectivity index (χ0) is 22.4. The Morgan fingerprint density at radius 3 is 2.23 bits per heavy atom. The second kappa shape index (κ2) is 9.59. The SMILES string of the molecule is O=C(CNC(=O)c1ccccc1F)Nc1ccc(S(=O)(=O)Nc2ccccc2Cl)cc1. The molecule has 0 aromatic heterocycles. The lowest BCUT2D eigenvalue weighted by molar-refractivity contribution is -0.115. The number of hydrogen-bond donors (Lipinski definition) is 3. The van der Waals surface area contributed by atoms with Crippen molar-refractivity contribution in [3.05, 3.63) is 89.2 Å². The van der Waals surface area contributed by atoms with Crippen LogP contribution in [0, 0.1) is 5.82 Å². The molecule has 0 saturated heterocycles. The van der Waals surface area contributed by atoms with Gasteiger partial charge in [0.1, 0.15) is 5.82 Å². The highest BCUT2D eigenvalue weighted by atomic mass is 35.5. The number of sulfonamides is 1. The van der Waals surface area contributed by atoms with Gasteiger partial charge >= 0.3 is 0 Å². The van der Waals surface area contributed by atoms with Crippen molar-refractivity contribution in [3.63, 3.8) is 0 Å². The van der Waals surface area contributed by atoms with Crippen molar-refractivity contribution in [2.45, 2.75) is 4.90 Å². The molecule has 31 heavy (non-hydrogen) atoms. The van der Waals surface area contributed by atoms with E-state index in [9.17, 15) is 22.4 Å². The lowest BCUT2D eigenvalue weighted by Gasteiger charge is -2.11. The van der Waals surface area contributed by atoms with Crippen molar-refractivity contribution in [2.75, 3.05) is 16.6 Å². The summed E-state index contributed by atoms with van der Waals surface area (Å²) in [5.74, 6) is -1.97. The Kier molecular flexibility index (Phi) is 6.88. The van der Waals surface area contributed by atoms with Crippen LogP contribution in [-0.2, 0) is 14.8 Å². The summed E-state index contributed by atoms with van der Waals surface area (Å²) >= 11 is 5.97. The zero-order valence-electron chi connectivity index (χ0n) is 15.9. The van der Waals surface area contributed by atoms with E-state index in [0.29, 0.717) is 5.69 Å². The van der Waals surface area contributed by atoms with Crippen LogP contribution in [-0.4, -0.2) is 26.8 Å². The number of rotatable bonds is 7. The number of nitrogens with one attached hydrogen (secondary N) is 3. The van der Waals surface area contributed by atoms with Gasteiger partial charge in [-0.1, -0.05) is 35.9 Å². The molecule has 0 aliphatic carbocycles. The third-order valence-electron chi connectivity index (χ3n) is 4.09. The Labute approximate surface area is 183 Å². The molecule has 0 aliphatic heterocycles. The molecule has 7 nitrogen and oxygen atoms in total. The number of halogens is 2. The van der Waals surface area contributed by atoms with Gasteiger partial charge in [-0.3, -0.25) is 14.3 Å². The van der Waals surface area contributed by atoms with Crippen molar-refractivity contribution in [1.82, 2.24) is 5.32 Å². The highest BCUT2D eigenvalue weighted by Gasteiger charge is 2.16. The summed E-state index contributed by atoms with van der Waals surface area (Å²) in [6.45, 7) is -0.388. The van der Waals surface area contributed by atoms with Crippen LogP contribution >= 0.6 is 11.6 Å². The second-order valence-corrected chi connectivity index (χ2v) is 8.41. The highest BCUT2D eigenvalue weighted by Crippen LogP contribution is 2.24. The van der Waals surface area contributed by atoms with Gasteiger partial charge in [0.2, 0.25) is 5.91 Å². The Morgan fingerprint density at radius 2 is 1.55 bits per heavy atom. The van der Waals surface area contributed by atoms with Gasteiger partial charge in [-0.25, -0.2) is 12.8 Å². The number of hydrogen-bond acceptors (Lipinski definition) is 4. The second-order valence-electron chi connectivity index (χ2n) is 6.32. The monoisotopic (exact) mass is 461 g/mol. The molecular weight excluding hydrogens is 445 g/mol. The lowest BCUT2D eigenvalue weighted by Crippen LogP contribution is -2.33. The summed E-state index contributed by atoms with van der Waals surface area (Å²) in [6, 6.07) is 17.2. The molecule has 0 spiro atoms. The maximum atomic E-state index is 13.6. The molecule has 0 radical (unpaired) electrons. The summed E-state index contributed by atoms with van der Waals surface area (Å²) in [7, 11) is -3.88. The van der Waals surface area contributed by atoms with E-state index < -0.39 is 27.7 Å². The van der Waals surface area contributed by atoms with Gasteiger partial charge in [-0.05, 0) is 48.5 Å². The average Bonchev–Trinajstić information content (AvgIpc) is 2.74. The topological polar surface area (TPSA) is 104 Å².